The van der Waals surface area contributed by atoms with E-state index in [9.17, 15) is 4.79 Å². The largest absolute Gasteiger partial charge is 0.464 e. The van der Waals surface area contributed by atoms with Gasteiger partial charge in [0, 0.05) is 28.5 Å². The monoisotopic (exact) mass is 286 g/mol. The van der Waals surface area contributed by atoms with Gasteiger partial charge in [0.25, 0.3) is 0 Å². The minimum absolute atomic E-state index is 0.239. The van der Waals surface area contributed by atoms with Crippen LogP contribution in [0.4, 0.5) is 5.13 Å². The summed E-state index contributed by atoms with van der Waals surface area (Å²) in [5.74, 6) is 0.750. The SMILES string of the molecule is COC(=O)c1nc(N2CCSC(C)(C)C2)sc1C. The number of carbonyl (C=O) groups excluding carboxylic acids is 1. The van der Waals surface area contributed by atoms with Crippen molar-refractivity contribution in [2.75, 3.05) is 30.9 Å². The van der Waals surface area contributed by atoms with Crippen LogP contribution in [-0.2, 0) is 4.74 Å². The van der Waals surface area contributed by atoms with Gasteiger partial charge in [0.05, 0.1) is 7.11 Å². The van der Waals surface area contributed by atoms with Gasteiger partial charge in [0.1, 0.15) is 0 Å². The van der Waals surface area contributed by atoms with Crippen molar-refractivity contribution >= 4 is 34.2 Å². The Morgan fingerprint density at radius 2 is 2.22 bits per heavy atom. The van der Waals surface area contributed by atoms with Crippen LogP contribution in [-0.4, -0.2) is 41.7 Å². The standard InChI is InChI=1S/C12H18N2O2S2/c1-8-9(10(15)16-4)13-11(18-8)14-5-6-17-12(2,3)7-14/h5-7H2,1-4H3. The highest BCUT2D eigenvalue weighted by Crippen LogP contribution is 2.34. The molecule has 1 aliphatic heterocycles. The normalized spacial score (nSPS) is 18.8. The molecule has 0 aliphatic carbocycles. The van der Waals surface area contributed by atoms with E-state index in [1.54, 1.807) is 11.3 Å². The zero-order valence-corrected chi connectivity index (χ0v) is 12.8. The summed E-state index contributed by atoms with van der Waals surface area (Å²) in [4.78, 5) is 19.2. The van der Waals surface area contributed by atoms with Crippen molar-refractivity contribution in [3.63, 3.8) is 0 Å². The molecule has 1 aromatic heterocycles. The molecule has 0 bridgehead atoms. The Morgan fingerprint density at radius 3 is 2.83 bits per heavy atom. The van der Waals surface area contributed by atoms with Gasteiger partial charge in [-0.3, -0.25) is 0 Å². The first-order valence-corrected chi connectivity index (χ1v) is 7.68. The number of anilines is 1. The number of carbonyl (C=O) groups is 1. The second kappa shape index (κ2) is 5.09. The molecule has 6 heteroatoms. The molecule has 0 atom stereocenters. The van der Waals surface area contributed by atoms with Gasteiger partial charge in [-0.1, -0.05) is 0 Å². The van der Waals surface area contributed by atoms with E-state index in [4.69, 9.17) is 4.74 Å². The van der Waals surface area contributed by atoms with Crippen LogP contribution in [0.3, 0.4) is 0 Å². The summed E-state index contributed by atoms with van der Waals surface area (Å²) >= 11 is 3.55. The van der Waals surface area contributed by atoms with Crippen molar-refractivity contribution in [2.24, 2.45) is 0 Å². The van der Waals surface area contributed by atoms with Crippen molar-refractivity contribution in [2.45, 2.75) is 25.5 Å². The molecule has 0 saturated carbocycles. The third-order valence-electron chi connectivity index (χ3n) is 2.86. The number of rotatable bonds is 2. The molecular formula is C12H18N2O2S2. The van der Waals surface area contributed by atoms with Crippen molar-refractivity contribution in [1.82, 2.24) is 4.98 Å². The van der Waals surface area contributed by atoms with E-state index in [1.165, 1.54) is 7.11 Å². The van der Waals surface area contributed by atoms with Crippen molar-refractivity contribution < 1.29 is 9.53 Å². The van der Waals surface area contributed by atoms with E-state index < -0.39 is 0 Å². The van der Waals surface area contributed by atoms with E-state index in [-0.39, 0.29) is 10.7 Å². The Morgan fingerprint density at radius 1 is 1.50 bits per heavy atom. The fourth-order valence-corrected chi connectivity index (χ4v) is 4.02. The van der Waals surface area contributed by atoms with Crippen LogP contribution in [0.1, 0.15) is 29.2 Å². The van der Waals surface area contributed by atoms with Crippen LogP contribution in [0.2, 0.25) is 0 Å². The van der Waals surface area contributed by atoms with Gasteiger partial charge in [0.2, 0.25) is 0 Å². The molecule has 2 heterocycles. The molecule has 4 nitrogen and oxygen atoms in total. The maximum atomic E-state index is 11.6. The Hall–Kier alpha value is -0.750. The highest BCUT2D eigenvalue weighted by atomic mass is 32.2. The predicted octanol–water partition coefficient (Wildman–Crippen LogP) is 2.57. The zero-order valence-electron chi connectivity index (χ0n) is 11.1. The maximum absolute atomic E-state index is 11.6. The molecule has 0 amide bonds. The average molecular weight is 286 g/mol. The molecule has 2 rings (SSSR count). The number of aryl methyl sites for hydroxylation is 1. The number of ether oxygens (including phenoxy) is 1. The number of nitrogens with zero attached hydrogens (tertiary/aromatic N) is 2. The van der Waals surface area contributed by atoms with Gasteiger partial charge in [-0.15, -0.1) is 11.3 Å². The molecule has 0 unspecified atom stereocenters. The zero-order chi connectivity index (χ0) is 13.3. The fraction of sp³-hybridized carbons (Fsp3) is 0.667. The number of methoxy groups -OCH3 is 1. The lowest BCUT2D eigenvalue weighted by atomic mass is 10.2. The van der Waals surface area contributed by atoms with E-state index in [0.717, 1.165) is 28.9 Å². The molecule has 0 N–H and O–H groups in total. The molecule has 18 heavy (non-hydrogen) atoms. The lowest BCUT2D eigenvalue weighted by Crippen LogP contribution is -2.43. The molecule has 0 radical (unpaired) electrons. The number of thiazole rings is 1. The molecular weight excluding hydrogens is 268 g/mol. The highest BCUT2D eigenvalue weighted by Gasteiger charge is 2.29. The molecule has 0 aromatic carbocycles. The third kappa shape index (κ3) is 2.80. The van der Waals surface area contributed by atoms with Crippen LogP contribution in [0.15, 0.2) is 0 Å². The van der Waals surface area contributed by atoms with Crippen LogP contribution >= 0.6 is 23.1 Å². The molecule has 100 valence electrons. The molecule has 0 spiro atoms. The maximum Gasteiger partial charge on any atom is 0.357 e. The number of hydrogen-bond donors (Lipinski definition) is 0. The molecule has 1 fully saturated rings. The summed E-state index contributed by atoms with van der Waals surface area (Å²) in [5, 5.41) is 0.932. The van der Waals surface area contributed by atoms with Crippen molar-refractivity contribution in [3.8, 4) is 0 Å². The van der Waals surface area contributed by atoms with Gasteiger partial charge < -0.3 is 9.64 Å². The van der Waals surface area contributed by atoms with E-state index in [1.807, 2.05) is 18.7 Å². The van der Waals surface area contributed by atoms with Crippen LogP contribution in [0.5, 0.6) is 0 Å². The van der Waals surface area contributed by atoms with Gasteiger partial charge in [0.15, 0.2) is 10.8 Å². The molecule has 1 aliphatic rings. The van der Waals surface area contributed by atoms with Crippen molar-refractivity contribution in [3.05, 3.63) is 10.6 Å². The van der Waals surface area contributed by atoms with E-state index in [2.05, 4.69) is 23.7 Å². The lowest BCUT2D eigenvalue weighted by Gasteiger charge is -2.37. The first kappa shape index (κ1) is 13.7. The summed E-state index contributed by atoms with van der Waals surface area (Å²) < 4.78 is 4.98. The number of thioether (sulfide) groups is 1. The molecule has 1 aromatic rings. The van der Waals surface area contributed by atoms with E-state index in [0.29, 0.717) is 5.69 Å². The summed E-state index contributed by atoms with van der Waals surface area (Å²) in [6.07, 6.45) is 0. The Labute approximate surface area is 116 Å². The van der Waals surface area contributed by atoms with Crippen LogP contribution in [0.25, 0.3) is 0 Å². The summed E-state index contributed by atoms with van der Waals surface area (Å²) in [7, 11) is 1.39. The fourth-order valence-electron chi connectivity index (χ4n) is 1.98. The average Bonchev–Trinajstić information content (AvgIpc) is 2.69. The number of aromatic nitrogens is 1. The second-order valence-corrected chi connectivity index (χ2v) is 7.91. The lowest BCUT2D eigenvalue weighted by molar-refractivity contribution is 0.0594. The van der Waals surface area contributed by atoms with Gasteiger partial charge in [-0.05, 0) is 20.8 Å². The number of esters is 1. The van der Waals surface area contributed by atoms with Crippen LogP contribution in [0, 0.1) is 6.92 Å². The molecule has 1 saturated heterocycles. The third-order valence-corrected chi connectivity index (χ3v) is 5.19. The summed E-state index contributed by atoms with van der Waals surface area (Å²) in [6.45, 7) is 8.35. The Bertz CT molecular complexity index is 457. The highest BCUT2D eigenvalue weighted by molar-refractivity contribution is 8.00. The van der Waals surface area contributed by atoms with Gasteiger partial charge in [-0.25, -0.2) is 9.78 Å². The minimum Gasteiger partial charge on any atom is -0.464 e. The Balaban J connectivity index is 2.21. The predicted molar refractivity (Wildman–Crippen MR) is 76.9 cm³/mol. The summed E-state index contributed by atoms with van der Waals surface area (Å²) in [5.41, 5.74) is 0.452. The van der Waals surface area contributed by atoms with E-state index >= 15 is 0 Å². The first-order valence-electron chi connectivity index (χ1n) is 5.87. The quantitative estimate of drug-likeness (QED) is 0.782. The minimum atomic E-state index is -0.347. The Kier molecular flexibility index (Phi) is 3.87. The second-order valence-electron chi connectivity index (χ2n) is 4.92. The van der Waals surface area contributed by atoms with Gasteiger partial charge in [-0.2, -0.15) is 11.8 Å². The van der Waals surface area contributed by atoms with Crippen molar-refractivity contribution in [1.29, 1.82) is 0 Å². The van der Waals surface area contributed by atoms with Crippen LogP contribution < -0.4 is 4.90 Å². The smallest absolute Gasteiger partial charge is 0.357 e. The van der Waals surface area contributed by atoms with Gasteiger partial charge >= 0.3 is 5.97 Å². The summed E-state index contributed by atoms with van der Waals surface area (Å²) in [6, 6.07) is 0. The first-order chi connectivity index (χ1) is 8.43. The topological polar surface area (TPSA) is 42.4 Å². The number of hydrogen-bond acceptors (Lipinski definition) is 6.